The Labute approximate surface area is 188 Å². The molecule has 1 saturated carbocycles. The number of ether oxygens (including phenoxy) is 1. The zero-order valence-corrected chi connectivity index (χ0v) is 19.9. The second kappa shape index (κ2) is 9.63. The molecule has 1 fully saturated rings. The molecule has 2 aromatic rings. The summed E-state index contributed by atoms with van der Waals surface area (Å²) in [6.07, 6.45) is 3.66. The fourth-order valence-corrected chi connectivity index (χ4v) is 6.24. The summed E-state index contributed by atoms with van der Waals surface area (Å²) in [5, 5.41) is 1.53. The van der Waals surface area contributed by atoms with E-state index in [2.05, 4.69) is 14.5 Å². The van der Waals surface area contributed by atoms with Gasteiger partial charge in [-0.15, -0.1) is 0 Å². The van der Waals surface area contributed by atoms with Crippen molar-refractivity contribution in [1.82, 2.24) is 9.29 Å². The van der Waals surface area contributed by atoms with E-state index in [1.807, 2.05) is 0 Å². The maximum Gasteiger partial charge on any atom is 0.327 e. The summed E-state index contributed by atoms with van der Waals surface area (Å²) in [4.78, 5) is 16.9. The number of rotatable bonds is 8. The predicted molar refractivity (Wildman–Crippen MR) is 119 cm³/mol. The second-order valence-electron chi connectivity index (χ2n) is 7.01. The Morgan fingerprint density at radius 1 is 1.27 bits per heavy atom. The van der Waals surface area contributed by atoms with Gasteiger partial charge in [0, 0.05) is 33.0 Å². The van der Waals surface area contributed by atoms with Crippen LogP contribution in [-0.2, 0) is 24.1 Å². The molecule has 0 N–H and O–H groups in total. The van der Waals surface area contributed by atoms with Crippen molar-refractivity contribution in [2.45, 2.75) is 43.0 Å². The van der Waals surface area contributed by atoms with E-state index in [0.29, 0.717) is 28.6 Å². The normalized spacial score (nSPS) is 16.3. The van der Waals surface area contributed by atoms with Crippen molar-refractivity contribution in [1.29, 1.82) is 0 Å². The quantitative estimate of drug-likeness (QED) is 0.311. The summed E-state index contributed by atoms with van der Waals surface area (Å²) in [6, 6.07) is 4.49. The highest BCUT2D eigenvalue weighted by molar-refractivity contribution is 7.89. The highest BCUT2D eigenvalue weighted by atomic mass is 35.5. The molecule has 3 rings (SSSR count). The number of sulfonamides is 1. The van der Waals surface area contributed by atoms with Gasteiger partial charge in [0.2, 0.25) is 10.0 Å². The smallest absolute Gasteiger partial charge is 0.327 e. The van der Waals surface area contributed by atoms with E-state index in [4.69, 9.17) is 32.5 Å². The molecule has 1 unspecified atom stereocenters. The molecular weight excluding hydrogens is 470 g/mol. The minimum Gasteiger partial charge on any atom is -0.465 e. The Morgan fingerprint density at radius 3 is 2.60 bits per heavy atom. The van der Waals surface area contributed by atoms with Gasteiger partial charge in [-0.3, -0.25) is 4.79 Å². The Hall–Kier alpha value is -1.02. The molecule has 0 amide bonds. The predicted octanol–water partition coefficient (Wildman–Crippen LogP) is 4.21. The highest BCUT2D eigenvalue weighted by Gasteiger charge is 2.52. The topological polar surface area (TPSA) is 85.8 Å². The van der Waals surface area contributed by atoms with Crippen LogP contribution < -0.4 is 0 Å². The maximum absolute atomic E-state index is 13.7. The van der Waals surface area contributed by atoms with Crippen LogP contribution in [0.4, 0.5) is 0 Å². The van der Waals surface area contributed by atoms with E-state index < -0.39 is 21.5 Å². The molecule has 0 aliphatic heterocycles. The van der Waals surface area contributed by atoms with Crippen LogP contribution in [0.2, 0.25) is 10.2 Å². The molecule has 11 heteroatoms. The third-order valence-electron chi connectivity index (χ3n) is 5.33. The monoisotopic (exact) mass is 492 g/mol. The van der Waals surface area contributed by atoms with Crippen LogP contribution in [0.15, 0.2) is 29.3 Å². The van der Waals surface area contributed by atoms with E-state index in [-0.39, 0.29) is 29.8 Å². The molecule has 1 atom stereocenters. The van der Waals surface area contributed by atoms with Gasteiger partial charge >= 0.3 is 5.97 Å². The van der Waals surface area contributed by atoms with Crippen LogP contribution in [0.1, 0.15) is 32.6 Å². The second-order valence-corrected chi connectivity index (χ2v) is 9.97. The van der Waals surface area contributed by atoms with E-state index in [1.54, 1.807) is 13.0 Å². The van der Waals surface area contributed by atoms with Crippen molar-refractivity contribution in [3.05, 3.63) is 34.6 Å². The first-order valence-corrected chi connectivity index (χ1v) is 12.2. The maximum atomic E-state index is 13.7. The lowest BCUT2D eigenvalue weighted by atomic mass is 9.97. The molecule has 1 heterocycles. The third-order valence-corrected chi connectivity index (χ3v) is 8.13. The molecule has 7 nitrogen and oxygen atoms in total. The molecule has 1 aromatic carbocycles. The van der Waals surface area contributed by atoms with Crippen LogP contribution >= 0.6 is 32.7 Å². The van der Waals surface area contributed by atoms with E-state index in [0.717, 1.165) is 12.8 Å². The molecule has 0 radical (unpaired) electrons. The standard InChI is InChI=1S/C19H23Cl2N2O5PS/c1-2-27-18(24)19(7-3-4-8-19)23(9-10-28-29)30(25,26)13-5-6-14-15(11-13)17(21)22-12-16(14)20/h5-6,11-12H,2-4,7-10,29H2,1H3. The lowest BCUT2D eigenvalue weighted by Gasteiger charge is -2.37. The van der Waals surface area contributed by atoms with E-state index in [9.17, 15) is 13.2 Å². The van der Waals surface area contributed by atoms with Crippen LogP contribution in [-0.4, -0.2) is 49.0 Å². The van der Waals surface area contributed by atoms with Crippen LogP contribution in [0.3, 0.4) is 0 Å². The first kappa shape index (κ1) is 23.6. The number of fused-ring (bicyclic) bond motifs is 1. The summed E-state index contributed by atoms with van der Waals surface area (Å²) in [6.45, 7) is 1.98. The summed E-state index contributed by atoms with van der Waals surface area (Å²) in [5.74, 6) is -0.529. The van der Waals surface area contributed by atoms with Crippen molar-refractivity contribution < 1.29 is 22.5 Å². The first-order valence-electron chi connectivity index (χ1n) is 9.53. The molecule has 0 spiro atoms. The number of halogens is 2. The van der Waals surface area contributed by atoms with Crippen LogP contribution in [0.5, 0.6) is 0 Å². The van der Waals surface area contributed by atoms with Gasteiger partial charge in [0.05, 0.1) is 23.1 Å². The summed E-state index contributed by atoms with van der Waals surface area (Å²) in [5.41, 5.74) is -1.26. The molecule has 164 valence electrons. The summed E-state index contributed by atoms with van der Waals surface area (Å²) >= 11 is 12.4. The summed E-state index contributed by atoms with van der Waals surface area (Å²) < 4.78 is 39.1. The number of aromatic nitrogens is 1. The Morgan fingerprint density at radius 2 is 1.97 bits per heavy atom. The van der Waals surface area contributed by atoms with Gasteiger partial charge in [0.25, 0.3) is 0 Å². The van der Waals surface area contributed by atoms with Crippen molar-refractivity contribution >= 4 is 59.4 Å². The molecule has 1 aromatic heterocycles. The molecular formula is C19H23Cl2N2O5PS. The number of nitrogens with zero attached hydrogens (tertiary/aromatic N) is 2. The van der Waals surface area contributed by atoms with Gasteiger partial charge in [-0.1, -0.05) is 42.1 Å². The largest absolute Gasteiger partial charge is 0.465 e. The molecule has 0 saturated heterocycles. The Kier molecular flexibility index (Phi) is 7.59. The van der Waals surface area contributed by atoms with Gasteiger partial charge in [-0.25, -0.2) is 13.4 Å². The minimum absolute atomic E-state index is 0.000274. The average Bonchev–Trinajstić information content (AvgIpc) is 3.22. The van der Waals surface area contributed by atoms with Gasteiger partial charge in [-0.2, -0.15) is 4.31 Å². The zero-order valence-electron chi connectivity index (χ0n) is 16.4. The van der Waals surface area contributed by atoms with Gasteiger partial charge in [0.1, 0.15) is 10.7 Å². The number of carbonyl (C=O) groups is 1. The Balaban J connectivity index is 2.14. The SMILES string of the molecule is CCOC(=O)C1(N(CCOP)S(=O)(=O)c2ccc3c(Cl)cnc(Cl)c3c2)CCCC1. The highest BCUT2D eigenvalue weighted by Crippen LogP contribution is 2.40. The Bertz CT molecular complexity index is 1040. The molecule has 1 aliphatic rings. The van der Waals surface area contributed by atoms with Crippen LogP contribution in [0, 0.1) is 0 Å². The van der Waals surface area contributed by atoms with Gasteiger partial charge in [0.15, 0.2) is 0 Å². The fraction of sp³-hybridized carbons (Fsp3) is 0.474. The lowest BCUT2D eigenvalue weighted by molar-refractivity contribution is -0.154. The number of hydrogen-bond acceptors (Lipinski definition) is 6. The first-order chi connectivity index (χ1) is 14.3. The van der Waals surface area contributed by atoms with Crippen molar-refractivity contribution in [2.24, 2.45) is 0 Å². The molecule has 0 bridgehead atoms. The van der Waals surface area contributed by atoms with Crippen LogP contribution in [0.25, 0.3) is 10.8 Å². The van der Waals surface area contributed by atoms with E-state index >= 15 is 0 Å². The fourth-order valence-electron chi connectivity index (χ4n) is 3.92. The minimum atomic E-state index is -4.09. The number of esters is 1. The zero-order chi connectivity index (χ0) is 21.9. The number of carbonyl (C=O) groups excluding carboxylic acids is 1. The average molecular weight is 493 g/mol. The lowest BCUT2D eigenvalue weighted by Crippen LogP contribution is -2.56. The van der Waals surface area contributed by atoms with Gasteiger partial charge in [-0.05, 0) is 31.9 Å². The molecule has 1 aliphatic carbocycles. The van der Waals surface area contributed by atoms with Crippen molar-refractivity contribution in [3.63, 3.8) is 0 Å². The van der Waals surface area contributed by atoms with E-state index in [1.165, 1.54) is 22.6 Å². The number of hydrogen-bond donors (Lipinski definition) is 0. The third kappa shape index (κ3) is 4.31. The summed E-state index contributed by atoms with van der Waals surface area (Å²) in [7, 11) is -1.99. The van der Waals surface area contributed by atoms with Crippen molar-refractivity contribution in [2.75, 3.05) is 19.8 Å². The van der Waals surface area contributed by atoms with Gasteiger partial charge < -0.3 is 9.26 Å². The number of pyridine rings is 1. The van der Waals surface area contributed by atoms with Crippen molar-refractivity contribution in [3.8, 4) is 0 Å². The number of benzene rings is 1. The molecule has 30 heavy (non-hydrogen) atoms.